The van der Waals surface area contributed by atoms with Gasteiger partial charge in [-0.15, -0.1) is 0 Å². The molecule has 4 rings (SSSR count). The number of imidazole rings is 1. The summed E-state index contributed by atoms with van der Waals surface area (Å²) in [4.78, 5) is 27.9. The van der Waals surface area contributed by atoms with Gasteiger partial charge in [-0.2, -0.15) is 5.26 Å². The number of aromatic nitrogens is 2. The van der Waals surface area contributed by atoms with Crippen molar-refractivity contribution in [3.63, 3.8) is 0 Å². The second kappa shape index (κ2) is 7.35. The van der Waals surface area contributed by atoms with Gasteiger partial charge in [0.1, 0.15) is 11.8 Å². The lowest BCUT2D eigenvalue weighted by atomic mass is 9.99. The summed E-state index contributed by atoms with van der Waals surface area (Å²) in [6, 6.07) is 4.17. The van der Waals surface area contributed by atoms with Crippen LogP contribution in [-0.2, 0) is 41.8 Å². The number of rotatable bonds is 5. The van der Waals surface area contributed by atoms with Crippen LogP contribution in [0.2, 0.25) is 0 Å². The number of carboxylic acid groups (broad SMARTS) is 1. The smallest absolute Gasteiger partial charge is 0.412 e. The molecule has 0 unspecified atom stereocenters. The average molecular weight is 380 g/mol. The number of nitrogens with zero attached hydrogens (tertiary/aromatic N) is 3. The van der Waals surface area contributed by atoms with Crippen molar-refractivity contribution in [1.82, 2.24) is 9.55 Å². The van der Waals surface area contributed by atoms with E-state index < -0.39 is 18.2 Å². The van der Waals surface area contributed by atoms with E-state index in [0.29, 0.717) is 0 Å². The number of amides is 1. The van der Waals surface area contributed by atoms with Crippen LogP contribution in [0.1, 0.15) is 40.8 Å². The lowest BCUT2D eigenvalue weighted by Crippen LogP contribution is -2.33. The highest BCUT2D eigenvalue weighted by Gasteiger charge is 2.28. The van der Waals surface area contributed by atoms with Crippen molar-refractivity contribution in [2.45, 2.75) is 51.2 Å². The normalized spacial score (nSPS) is 15.4. The molecule has 0 aliphatic heterocycles. The maximum Gasteiger partial charge on any atom is 0.412 e. The standard InChI is InChI=1S/C20H20N4O4/c21-8-14-9-22-11-24(14)10-17(19(25)26)28-20(27)23-18-15-5-1-3-12(15)7-13-4-2-6-16(13)18/h7,9,11,17H,1-6,10H2,(H,23,27)(H,25,26)/t17-/m1/s1. The van der Waals surface area contributed by atoms with Crippen LogP contribution in [0.4, 0.5) is 10.5 Å². The van der Waals surface area contributed by atoms with Crippen LogP contribution in [0.15, 0.2) is 18.6 Å². The zero-order valence-corrected chi connectivity index (χ0v) is 15.3. The van der Waals surface area contributed by atoms with Crippen LogP contribution in [-0.4, -0.2) is 32.8 Å². The Morgan fingerprint density at radius 1 is 1.25 bits per heavy atom. The average Bonchev–Trinajstić information content (AvgIpc) is 3.40. The lowest BCUT2D eigenvalue weighted by molar-refractivity contribution is -0.147. The Kier molecular flexibility index (Phi) is 4.74. The lowest BCUT2D eigenvalue weighted by Gasteiger charge is -2.18. The number of anilines is 1. The van der Waals surface area contributed by atoms with Crippen molar-refractivity contribution in [3.8, 4) is 6.07 Å². The number of ether oxygens (including phenoxy) is 1. The molecule has 0 radical (unpaired) electrons. The highest BCUT2D eigenvalue weighted by atomic mass is 16.6. The van der Waals surface area contributed by atoms with Crippen LogP contribution >= 0.6 is 0 Å². The van der Waals surface area contributed by atoms with E-state index in [2.05, 4.69) is 16.4 Å². The van der Waals surface area contributed by atoms with E-state index in [4.69, 9.17) is 10.00 Å². The quantitative estimate of drug-likeness (QED) is 0.823. The Balaban J connectivity index is 1.53. The number of benzene rings is 1. The Hall–Kier alpha value is -3.34. The summed E-state index contributed by atoms with van der Waals surface area (Å²) < 4.78 is 6.55. The highest BCUT2D eigenvalue weighted by molar-refractivity contribution is 5.90. The molecule has 0 saturated carbocycles. The summed E-state index contributed by atoms with van der Waals surface area (Å²) in [5.74, 6) is -1.28. The SMILES string of the molecule is N#Cc1cncn1C[C@@H](OC(=O)Nc1c2c(cc3c1CCC3)CCC2)C(=O)O. The fraction of sp³-hybridized carbons (Fsp3) is 0.400. The molecule has 2 aliphatic carbocycles. The molecule has 1 heterocycles. The maximum atomic E-state index is 12.5. The minimum Gasteiger partial charge on any atom is -0.478 e. The third-order valence-corrected chi connectivity index (χ3v) is 5.41. The van der Waals surface area contributed by atoms with Gasteiger partial charge in [0, 0.05) is 0 Å². The summed E-state index contributed by atoms with van der Waals surface area (Å²) in [6.45, 7) is -0.184. The van der Waals surface area contributed by atoms with Crippen molar-refractivity contribution in [3.05, 3.63) is 46.5 Å². The van der Waals surface area contributed by atoms with Gasteiger partial charge in [-0.25, -0.2) is 14.6 Å². The fourth-order valence-corrected chi connectivity index (χ4v) is 4.13. The zero-order chi connectivity index (χ0) is 19.7. The van der Waals surface area contributed by atoms with E-state index in [-0.39, 0.29) is 12.2 Å². The molecule has 144 valence electrons. The van der Waals surface area contributed by atoms with E-state index in [1.54, 1.807) is 0 Å². The van der Waals surface area contributed by atoms with E-state index in [0.717, 1.165) is 55.3 Å². The van der Waals surface area contributed by atoms with E-state index in [1.807, 2.05) is 6.07 Å². The fourth-order valence-electron chi connectivity index (χ4n) is 4.13. The summed E-state index contributed by atoms with van der Waals surface area (Å²) >= 11 is 0. The Morgan fingerprint density at radius 2 is 1.93 bits per heavy atom. The van der Waals surface area contributed by atoms with Gasteiger partial charge in [-0.1, -0.05) is 6.07 Å². The minimum absolute atomic E-state index is 0.184. The molecule has 1 aromatic heterocycles. The van der Waals surface area contributed by atoms with Crippen LogP contribution in [0.3, 0.4) is 0 Å². The number of nitrogens with one attached hydrogen (secondary N) is 1. The summed E-state index contributed by atoms with van der Waals surface area (Å²) in [5.41, 5.74) is 5.83. The van der Waals surface area contributed by atoms with Gasteiger partial charge in [0.25, 0.3) is 0 Å². The maximum absolute atomic E-state index is 12.5. The Labute approximate surface area is 161 Å². The Morgan fingerprint density at radius 3 is 2.54 bits per heavy atom. The molecule has 1 aromatic carbocycles. The molecule has 8 heteroatoms. The van der Waals surface area contributed by atoms with E-state index in [9.17, 15) is 14.7 Å². The summed E-state index contributed by atoms with van der Waals surface area (Å²) in [7, 11) is 0. The second-order valence-corrected chi connectivity index (χ2v) is 7.13. The monoisotopic (exact) mass is 380 g/mol. The van der Waals surface area contributed by atoms with Crippen molar-refractivity contribution in [2.75, 3.05) is 5.32 Å². The summed E-state index contributed by atoms with van der Waals surface area (Å²) in [6.07, 6.45) is 6.37. The van der Waals surface area contributed by atoms with Crippen molar-refractivity contribution < 1.29 is 19.4 Å². The molecule has 0 saturated heterocycles. The van der Waals surface area contributed by atoms with Crippen LogP contribution in [0.25, 0.3) is 0 Å². The predicted octanol–water partition coefficient (Wildman–Crippen LogP) is 2.43. The van der Waals surface area contributed by atoms with Crippen molar-refractivity contribution in [2.24, 2.45) is 0 Å². The number of nitriles is 1. The van der Waals surface area contributed by atoms with Gasteiger partial charge in [-0.05, 0) is 60.8 Å². The molecule has 2 aromatic rings. The topological polar surface area (TPSA) is 117 Å². The first-order valence-electron chi connectivity index (χ1n) is 9.34. The predicted molar refractivity (Wildman–Crippen MR) is 99.0 cm³/mol. The molecule has 2 aliphatic rings. The van der Waals surface area contributed by atoms with Gasteiger partial charge >= 0.3 is 12.1 Å². The molecule has 1 atom stereocenters. The molecule has 0 spiro atoms. The van der Waals surface area contributed by atoms with E-state index in [1.165, 1.54) is 28.2 Å². The second-order valence-electron chi connectivity index (χ2n) is 7.13. The molecule has 0 fully saturated rings. The van der Waals surface area contributed by atoms with Crippen molar-refractivity contribution in [1.29, 1.82) is 5.26 Å². The number of carboxylic acids is 1. The first-order chi connectivity index (χ1) is 13.6. The van der Waals surface area contributed by atoms with Crippen LogP contribution < -0.4 is 5.32 Å². The number of carbonyl (C=O) groups is 2. The molecule has 2 N–H and O–H groups in total. The zero-order valence-electron chi connectivity index (χ0n) is 15.3. The number of carbonyl (C=O) groups excluding carboxylic acids is 1. The van der Waals surface area contributed by atoms with Crippen molar-refractivity contribution >= 4 is 17.7 Å². The van der Waals surface area contributed by atoms with Gasteiger partial charge in [0.15, 0.2) is 0 Å². The molecule has 0 bridgehead atoms. The van der Waals surface area contributed by atoms with Crippen LogP contribution in [0, 0.1) is 11.3 Å². The number of hydrogen-bond acceptors (Lipinski definition) is 5. The largest absolute Gasteiger partial charge is 0.478 e. The van der Waals surface area contributed by atoms with Gasteiger partial charge in [0.2, 0.25) is 6.10 Å². The molecular formula is C20H20N4O4. The third kappa shape index (κ3) is 3.31. The number of hydrogen-bond donors (Lipinski definition) is 2. The third-order valence-electron chi connectivity index (χ3n) is 5.41. The number of fused-ring (bicyclic) bond motifs is 2. The molecular weight excluding hydrogens is 360 g/mol. The molecule has 8 nitrogen and oxygen atoms in total. The Bertz CT molecular complexity index is 957. The molecule has 28 heavy (non-hydrogen) atoms. The highest BCUT2D eigenvalue weighted by Crippen LogP contribution is 2.38. The van der Waals surface area contributed by atoms with Gasteiger partial charge < -0.3 is 14.4 Å². The van der Waals surface area contributed by atoms with Crippen LogP contribution in [0.5, 0.6) is 0 Å². The number of aliphatic carboxylic acids is 1. The van der Waals surface area contributed by atoms with Gasteiger partial charge in [0.05, 0.1) is 24.8 Å². The van der Waals surface area contributed by atoms with E-state index >= 15 is 0 Å². The minimum atomic E-state index is -1.42. The van der Waals surface area contributed by atoms with Gasteiger partial charge in [-0.3, -0.25) is 5.32 Å². The summed E-state index contributed by atoms with van der Waals surface area (Å²) in [5, 5.41) is 21.3. The first-order valence-corrected chi connectivity index (χ1v) is 9.34. The number of aryl methyl sites for hydroxylation is 2. The molecule has 1 amide bonds. The first kappa shape index (κ1) is 18.0.